The summed E-state index contributed by atoms with van der Waals surface area (Å²) in [7, 11) is 3.14. The zero-order chi connectivity index (χ0) is 35.7. The predicted octanol–water partition coefficient (Wildman–Crippen LogP) is 6.31. The Morgan fingerprint density at radius 2 is 1.50 bits per heavy atom. The number of nitrogens with zero attached hydrogens (tertiary/aromatic N) is 3. The molecule has 2 heterocycles. The maximum absolute atomic E-state index is 14.8. The van der Waals surface area contributed by atoms with E-state index in [0.717, 1.165) is 52.0 Å². The molecule has 0 spiro atoms. The Hall–Kier alpha value is -5.19. The van der Waals surface area contributed by atoms with Crippen molar-refractivity contribution >= 4 is 23.7 Å². The Balaban J connectivity index is 1.34. The lowest BCUT2D eigenvalue weighted by atomic mass is 9.81. The standard InChI is InChI=1S/C39H45N3O8/c1-23-6-7-24(2)36(25(23)3)50-15-14-26-8-10-28(11-9-26)33-18-30-21-40(38(44)45)22-34(42(30)39(46)47)35(33)37(43)41(29-12-13-29)20-27-16-31(48-4)19-32(17-27)49-5/h6-11,16-17,19,29-30,34H,12-15,18,20-22H2,1-5H3,(H,44,45)(H,46,47)/t30-,34-/m1/s1. The van der Waals surface area contributed by atoms with Gasteiger partial charge in [0.1, 0.15) is 17.2 Å². The normalized spacial score (nSPS) is 18.5. The number of rotatable bonds is 11. The van der Waals surface area contributed by atoms with E-state index in [2.05, 4.69) is 26.0 Å². The second kappa shape index (κ2) is 14.3. The molecule has 2 aliphatic heterocycles. The largest absolute Gasteiger partial charge is 0.497 e. The van der Waals surface area contributed by atoms with Gasteiger partial charge in [0.25, 0.3) is 5.91 Å². The summed E-state index contributed by atoms with van der Waals surface area (Å²) in [4.78, 5) is 44.0. The monoisotopic (exact) mass is 683 g/mol. The van der Waals surface area contributed by atoms with Gasteiger partial charge < -0.3 is 34.2 Å². The van der Waals surface area contributed by atoms with E-state index in [-0.39, 0.29) is 38.0 Å². The molecular formula is C39H45N3O8. The van der Waals surface area contributed by atoms with Crippen LogP contribution in [0.25, 0.3) is 5.57 Å². The highest BCUT2D eigenvalue weighted by atomic mass is 16.5. The lowest BCUT2D eigenvalue weighted by Gasteiger charge is -2.49. The molecule has 2 N–H and O–H groups in total. The van der Waals surface area contributed by atoms with Gasteiger partial charge in [-0.15, -0.1) is 0 Å². The van der Waals surface area contributed by atoms with Crippen LogP contribution < -0.4 is 14.2 Å². The molecule has 2 atom stereocenters. The molecule has 0 unspecified atom stereocenters. The van der Waals surface area contributed by atoms with Crippen molar-refractivity contribution in [2.45, 2.75) is 71.1 Å². The predicted molar refractivity (Wildman–Crippen MR) is 188 cm³/mol. The van der Waals surface area contributed by atoms with E-state index in [1.165, 1.54) is 15.4 Å². The first-order chi connectivity index (χ1) is 24.0. The Kier molecular flexibility index (Phi) is 9.95. The van der Waals surface area contributed by atoms with Crippen molar-refractivity contribution in [1.82, 2.24) is 14.7 Å². The summed E-state index contributed by atoms with van der Waals surface area (Å²) in [5, 5.41) is 20.3. The summed E-state index contributed by atoms with van der Waals surface area (Å²) in [6.45, 7) is 6.86. The highest BCUT2D eigenvalue weighted by Gasteiger charge is 2.49. The first kappa shape index (κ1) is 34.7. The fourth-order valence-electron chi connectivity index (χ4n) is 7.25. The van der Waals surface area contributed by atoms with E-state index in [1.54, 1.807) is 25.2 Å². The van der Waals surface area contributed by atoms with Crippen molar-refractivity contribution < 1.29 is 38.8 Å². The second-order valence-corrected chi connectivity index (χ2v) is 13.5. The van der Waals surface area contributed by atoms with Gasteiger partial charge in [-0.2, -0.15) is 0 Å². The number of hydrogen-bond donors (Lipinski definition) is 2. The molecule has 3 aromatic rings. The fraction of sp³-hybridized carbons (Fsp3) is 0.410. The summed E-state index contributed by atoms with van der Waals surface area (Å²) in [5.74, 6) is 1.82. The minimum Gasteiger partial charge on any atom is -0.497 e. The van der Waals surface area contributed by atoms with E-state index in [1.807, 2.05) is 43.3 Å². The minimum atomic E-state index is -1.17. The smallest absolute Gasteiger partial charge is 0.408 e. The molecule has 1 saturated carbocycles. The quantitative estimate of drug-likeness (QED) is 0.241. The number of carbonyl (C=O) groups is 3. The lowest BCUT2D eigenvalue weighted by molar-refractivity contribution is -0.129. The number of benzene rings is 3. The average molecular weight is 684 g/mol. The van der Waals surface area contributed by atoms with Crippen LogP contribution in [0.2, 0.25) is 0 Å². The number of aryl methyl sites for hydroxylation is 2. The number of carbonyl (C=O) groups excluding carboxylic acids is 1. The van der Waals surface area contributed by atoms with Crippen LogP contribution in [-0.4, -0.2) is 95.0 Å². The molecule has 3 amide bonds. The van der Waals surface area contributed by atoms with Crippen LogP contribution in [0.3, 0.4) is 0 Å². The molecule has 6 rings (SSSR count). The van der Waals surface area contributed by atoms with Crippen molar-refractivity contribution in [3.05, 3.63) is 93.6 Å². The third-order valence-corrected chi connectivity index (χ3v) is 10.2. The molecule has 11 nitrogen and oxygen atoms in total. The van der Waals surface area contributed by atoms with Crippen LogP contribution in [0.15, 0.2) is 60.2 Å². The lowest BCUT2D eigenvalue weighted by Crippen LogP contribution is -2.65. The van der Waals surface area contributed by atoms with Crippen LogP contribution in [0.5, 0.6) is 17.2 Å². The van der Waals surface area contributed by atoms with Crippen LogP contribution in [-0.2, 0) is 17.8 Å². The molecule has 3 aromatic carbocycles. The van der Waals surface area contributed by atoms with E-state index in [0.29, 0.717) is 30.1 Å². The first-order valence-electron chi connectivity index (χ1n) is 17.0. The van der Waals surface area contributed by atoms with Crippen molar-refractivity contribution in [3.8, 4) is 17.2 Å². The van der Waals surface area contributed by atoms with Crippen LogP contribution in [0.1, 0.15) is 52.6 Å². The van der Waals surface area contributed by atoms with Crippen LogP contribution in [0.4, 0.5) is 9.59 Å². The summed E-state index contributed by atoms with van der Waals surface area (Å²) >= 11 is 0. The molecule has 0 aromatic heterocycles. The molecule has 11 heteroatoms. The van der Waals surface area contributed by atoms with Crippen molar-refractivity contribution in [3.63, 3.8) is 0 Å². The van der Waals surface area contributed by atoms with Gasteiger partial charge in [-0.05, 0) is 91.1 Å². The molecule has 50 heavy (non-hydrogen) atoms. The van der Waals surface area contributed by atoms with E-state index in [9.17, 15) is 24.6 Å². The molecule has 1 aliphatic carbocycles. The topological polar surface area (TPSA) is 129 Å². The molecule has 2 bridgehead atoms. The number of ether oxygens (including phenoxy) is 3. The number of methoxy groups -OCH3 is 2. The van der Waals surface area contributed by atoms with E-state index < -0.39 is 24.3 Å². The molecular weight excluding hydrogens is 638 g/mol. The maximum atomic E-state index is 14.8. The van der Waals surface area contributed by atoms with Crippen molar-refractivity contribution in [2.75, 3.05) is 33.9 Å². The summed E-state index contributed by atoms with van der Waals surface area (Å²) in [6.07, 6.45) is 0.247. The van der Waals surface area contributed by atoms with Gasteiger partial charge >= 0.3 is 12.2 Å². The van der Waals surface area contributed by atoms with E-state index >= 15 is 0 Å². The van der Waals surface area contributed by atoms with Gasteiger partial charge in [0.05, 0.1) is 32.9 Å². The number of piperazine rings is 1. The SMILES string of the molecule is COc1cc(CN(C(=O)C2=C(c3ccc(CCOc4c(C)ccc(C)c4C)cc3)C[C@@H]3CN(C(=O)O)C[C@H]2N3C(=O)O)C2CC2)cc(OC)c1. The van der Waals surface area contributed by atoms with Gasteiger partial charge in [-0.25, -0.2) is 9.59 Å². The van der Waals surface area contributed by atoms with Crippen LogP contribution in [0, 0.1) is 20.8 Å². The maximum Gasteiger partial charge on any atom is 0.408 e. The summed E-state index contributed by atoms with van der Waals surface area (Å²) in [5.41, 5.74) is 7.21. The number of hydrogen-bond acceptors (Lipinski definition) is 6. The average Bonchev–Trinajstić information content (AvgIpc) is 3.95. The zero-order valence-corrected chi connectivity index (χ0v) is 29.3. The highest BCUT2D eigenvalue weighted by Crippen LogP contribution is 2.41. The van der Waals surface area contributed by atoms with Gasteiger partial charge in [-0.3, -0.25) is 9.69 Å². The minimum absolute atomic E-state index is 0.0216. The molecule has 2 fully saturated rings. The molecule has 264 valence electrons. The van der Waals surface area contributed by atoms with Crippen LogP contribution >= 0.6 is 0 Å². The Morgan fingerprint density at radius 1 is 0.840 bits per heavy atom. The third-order valence-electron chi connectivity index (χ3n) is 10.2. The highest BCUT2D eigenvalue weighted by molar-refractivity contribution is 6.04. The number of amides is 3. The number of fused-ring (bicyclic) bond motifs is 2. The first-order valence-corrected chi connectivity index (χ1v) is 17.0. The third kappa shape index (κ3) is 7.08. The Morgan fingerprint density at radius 3 is 2.10 bits per heavy atom. The van der Waals surface area contributed by atoms with Gasteiger partial charge in [-0.1, -0.05) is 36.4 Å². The van der Waals surface area contributed by atoms with Gasteiger partial charge in [0.15, 0.2) is 0 Å². The van der Waals surface area contributed by atoms with Crippen molar-refractivity contribution in [1.29, 1.82) is 0 Å². The second-order valence-electron chi connectivity index (χ2n) is 13.5. The molecule has 1 saturated heterocycles. The molecule has 3 aliphatic rings. The Labute approximate surface area is 292 Å². The summed E-state index contributed by atoms with van der Waals surface area (Å²) < 4.78 is 17.2. The Bertz CT molecular complexity index is 1790. The van der Waals surface area contributed by atoms with E-state index in [4.69, 9.17) is 14.2 Å². The number of carboxylic acid groups (broad SMARTS) is 2. The summed E-state index contributed by atoms with van der Waals surface area (Å²) in [6, 6.07) is 16.1. The van der Waals surface area contributed by atoms with Gasteiger partial charge in [0.2, 0.25) is 0 Å². The van der Waals surface area contributed by atoms with Gasteiger partial charge in [0, 0.05) is 43.7 Å². The zero-order valence-electron chi connectivity index (χ0n) is 29.3. The fourth-order valence-corrected chi connectivity index (χ4v) is 7.25. The molecule has 0 radical (unpaired) electrons. The van der Waals surface area contributed by atoms with Crippen molar-refractivity contribution in [2.24, 2.45) is 0 Å².